The number of carbonyl (C=O) groups is 1. The highest BCUT2D eigenvalue weighted by Crippen LogP contribution is 2.30. The fourth-order valence-electron chi connectivity index (χ4n) is 4.11. The first kappa shape index (κ1) is 20.5. The fourth-order valence-corrected chi connectivity index (χ4v) is 4.30. The maximum atomic E-state index is 13.1. The molecule has 2 N–H and O–H groups in total. The molecule has 1 aliphatic rings. The van der Waals surface area contributed by atoms with Crippen LogP contribution in [0.2, 0.25) is 5.02 Å². The Balaban J connectivity index is 1.43. The van der Waals surface area contributed by atoms with Gasteiger partial charge in [-0.05, 0) is 49.4 Å². The van der Waals surface area contributed by atoms with Gasteiger partial charge in [0.1, 0.15) is 5.69 Å². The Morgan fingerprint density at radius 2 is 2.03 bits per heavy atom. The number of aromatic nitrogens is 3. The van der Waals surface area contributed by atoms with E-state index >= 15 is 0 Å². The first-order valence-corrected chi connectivity index (χ1v) is 10.9. The number of para-hydroxylation sites is 2. The number of nitrogens with zero attached hydrogens (tertiary/aromatic N) is 4. The third-order valence-electron chi connectivity index (χ3n) is 5.83. The molecule has 0 spiro atoms. The lowest BCUT2D eigenvalue weighted by Gasteiger charge is -2.22. The van der Waals surface area contributed by atoms with Crippen molar-refractivity contribution in [2.75, 3.05) is 30.4 Å². The Bertz CT molecular complexity index is 1290. The second-order valence-corrected chi connectivity index (χ2v) is 8.28. The quantitative estimate of drug-likeness (QED) is 0.482. The van der Waals surface area contributed by atoms with Crippen LogP contribution in [0.15, 0.2) is 67.0 Å². The number of rotatable bonds is 5. The summed E-state index contributed by atoms with van der Waals surface area (Å²) in [6.45, 7) is 1.85. The van der Waals surface area contributed by atoms with E-state index in [0.717, 1.165) is 42.0 Å². The monoisotopic (exact) mass is 446 g/mol. The van der Waals surface area contributed by atoms with Gasteiger partial charge in [0.15, 0.2) is 5.65 Å². The normalized spacial score (nSPS) is 15.9. The van der Waals surface area contributed by atoms with Crippen LogP contribution in [0, 0.1) is 0 Å². The minimum Gasteiger partial charge on any atom is -0.368 e. The van der Waals surface area contributed by atoms with Crippen LogP contribution >= 0.6 is 11.6 Å². The molecule has 5 rings (SSSR count). The van der Waals surface area contributed by atoms with Gasteiger partial charge < -0.3 is 15.5 Å². The van der Waals surface area contributed by atoms with Gasteiger partial charge in [-0.15, -0.1) is 0 Å². The predicted molar refractivity (Wildman–Crippen MR) is 128 cm³/mol. The number of hydrogen-bond donors (Lipinski definition) is 2. The molecule has 2 aromatic carbocycles. The minimum atomic E-state index is -0.262. The Hall–Kier alpha value is -3.42. The van der Waals surface area contributed by atoms with Crippen molar-refractivity contribution in [3.8, 4) is 11.1 Å². The first-order chi connectivity index (χ1) is 15.6. The number of nitrogens with one attached hydrogen (secondary N) is 2. The molecule has 2 aromatic heterocycles. The standard InChI is InChI=1S/C24H23ClN6O/c1-26-18-9-11-30(15-18)22-8-3-2-7-20(22)29-24(32)21-10-12-31-23(28-21)19(14-27-31)16-5-4-6-17(25)13-16/h2-8,10,12-14,18,26H,9,11,15H2,1H3,(H,29,32)/t18-/m1/s1. The lowest BCUT2D eigenvalue weighted by atomic mass is 10.1. The minimum absolute atomic E-state index is 0.262. The van der Waals surface area contributed by atoms with Crippen LogP contribution in [0.4, 0.5) is 11.4 Å². The van der Waals surface area contributed by atoms with Gasteiger partial charge in [0.2, 0.25) is 0 Å². The highest BCUT2D eigenvalue weighted by atomic mass is 35.5. The van der Waals surface area contributed by atoms with Crippen LogP contribution in [-0.2, 0) is 0 Å². The van der Waals surface area contributed by atoms with Gasteiger partial charge in [-0.1, -0.05) is 35.9 Å². The summed E-state index contributed by atoms with van der Waals surface area (Å²) in [7, 11) is 1.98. The predicted octanol–water partition coefficient (Wildman–Crippen LogP) is 4.10. The van der Waals surface area contributed by atoms with Crippen LogP contribution in [0.1, 0.15) is 16.9 Å². The maximum absolute atomic E-state index is 13.1. The zero-order valence-corrected chi connectivity index (χ0v) is 18.4. The van der Waals surface area contributed by atoms with Gasteiger partial charge in [0, 0.05) is 35.9 Å². The Morgan fingerprint density at radius 1 is 1.16 bits per heavy atom. The number of carbonyl (C=O) groups excluding carboxylic acids is 1. The topological polar surface area (TPSA) is 74.6 Å². The number of likely N-dealkylation sites (N-methyl/N-ethyl adjacent to an activating group) is 1. The average molecular weight is 447 g/mol. The van der Waals surface area contributed by atoms with E-state index in [1.54, 1.807) is 23.0 Å². The molecule has 3 heterocycles. The maximum Gasteiger partial charge on any atom is 0.274 e. The molecule has 0 radical (unpaired) electrons. The summed E-state index contributed by atoms with van der Waals surface area (Å²) < 4.78 is 1.66. The number of fused-ring (bicyclic) bond motifs is 1. The van der Waals surface area contributed by atoms with Crippen molar-refractivity contribution < 1.29 is 4.79 Å². The Kier molecular flexibility index (Phi) is 5.51. The summed E-state index contributed by atoms with van der Waals surface area (Å²) in [4.78, 5) is 20.0. The highest BCUT2D eigenvalue weighted by molar-refractivity contribution is 6.30. The average Bonchev–Trinajstić information content (AvgIpc) is 3.46. The van der Waals surface area contributed by atoms with Crippen molar-refractivity contribution in [2.24, 2.45) is 0 Å². The van der Waals surface area contributed by atoms with Crippen molar-refractivity contribution in [3.05, 3.63) is 77.7 Å². The summed E-state index contributed by atoms with van der Waals surface area (Å²) in [6, 6.07) is 17.5. The van der Waals surface area contributed by atoms with Crippen LogP contribution < -0.4 is 15.5 Å². The number of benzene rings is 2. The van der Waals surface area contributed by atoms with Crippen LogP contribution in [0.25, 0.3) is 16.8 Å². The van der Waals surface area contributed by atoms with E-state index < -0.39 is 0 Å². The summed E-state index contributed by atoms with van der Waals surface area (Å²) in [5.41, 5.74) is 4.44. The molecule has 1 atom stereocenters. The summed E-state index contributed by atoms with van der Waals surface area (Å²) in [6.07, 6.45) is 4.55. The van der Waals surface area contributed by atoms with Crippen molar-refractivity contribution in [1.82, 2.24) is 19.9 Å². The van der Waals surface area contributed by atoms with Crippen molar-refractivity contribution >= 4 is 34.5 Å². The molecule has 0 aliphatic carbocycles. The fraction of sp³-hybridized carbons (Fsp3) is 0.208. The molecule has 0 bridgehead atoms. The lowest BCUT2D eigenvalue weighted by molar-refractivity contribution is 0.102. The second-order valence-electron chi connectivity index (χ2n) is 7.84. The van der Waals surface area contributed by atoms with Crippen LogP contribution in [0.3, 0.4) is 0 Å². The van der Waals surface area contributed by atoms with E-state index in [2.05, 4.69) is 25.6 Å². The van der Waals surface area contributed by atoms with E-state index in [0.29, 0.717) is 22.4 Å². The summed E-state index contributed by atoms with van der Waals surface area (Å²) in [5.74, 6) is -0.262. The van der Waals surface area contributed by atoms with E-state index in [1.165, 1.54) is 0 Å². The van der Waals surface area contributed by atoms with Crippen LogP contribution in [-0.4, -0.2) is 46.7 Å². The van der Waals surface area contributed by atoms with Gasteiger partial charge in [-0.3, -0.25) is 4.79 Å². The van der Waals surface area contributed by atoms with Crippen molar-refractivity contribution in [2.45, 2.75) is 12.5 Å². The zero-order chi connectivity index (χ0) is 22.1. The largest absolute Gasteiger partial charge is 0.368 e. The molecular weight excluding hydrogens is 424 g/mol. The Labute approximate surface area is 191 Å². The molecule has 8 heteroatoms. The SMILES string of the molecule is CN[C@@H]1CCN(c2ccccc2NC(=O)c2ccn3ncc(-c4cccc(Cl)c4)c3n2)C1. The zero-order valence-electron chi connectivity index (χ0n) is 17.6. The van der Waals surface area contributed by atoms with Gasteiger partial charge in [0.25, 0.3) is 5.91 Å². The van der Waals surface area contributed by atoms with Gasteiger partial charge in [-0.25, -0.2) is 9.50 Å². The molecule has 1 amide bonds. The molecule has 0 saturated carbocycles. The van der Waals surface area contributed by atoms with Crippen molar-refractivity contribution in [3.63, 3.8) is 0 Å². The van der Waals surface area contributed by atoms with Crippen molar-refractivity contribution in [1.29, 1.82) is 0 Å². The second kappa shape index (κ2) is 8.61. The smallest absolute Gasteiger partial charge is 0.274 e. The highest BCUT2D eigenvalue weighted by Gasteiger charge is 2.23. The summed E-state index contributed by atoms with van der Waals surface area (Å²) >= 11 is 6.15. The number of anilines is 2. The molecule has 1 fully saturated rings. The van der Waals surface area contributed by atoms with Crippen LogP contribution in [0.5, 0.6) is 0 Å². The lowest BCUT2D eigenvalue weighted by Crippen LogP contribution is -2.30. The molecule has 1 saturated heterocycles. The number of halogens is 1. The van der Waals surface area contributed by atoms with E-state index in [-0.39, 0.29) is 5.91 Å². The number of hydrogen-bond acceptors (Lipinski definition) is 5. The molecule has 0 unspecified atom stereocenters. The third-order valence-corrected chi connectivity index (χ3v) is 6.06. The molecule has 1 aliphatic heterocycles. The van der Waals surface area contributed by atoms with E-state index in [9.17, 15) is 4.79 Å². The molecule has 162 valence electrons. The van der Waals surface area contributed by atoms with Gasteiger partial charge >= 0.3 is 0 Å². The third kappa shape index (κ3) is 3.92. The van der Waals surface area contributed by atoms with Gasteiger partial charge in [-0.2, -0.15) is 5.10 Å². The molecular formula is C24H23ClN6O. The molecule has 7 nitrogen and oxygen atoms in total. The first-order valence-electron chi connectivity index (χ1n) is 10.6. The molecule has 32 heavy (non-hydrogen) atoms. The summed E-state index contributed by atoms with van der Waals surface area (Å²) in [5, 5.41) is 11.4. The molecule has 4 aromatic rings. The van der Waals surface area contributed by atoms with E-state index in [4.69, 9.17) is 11.6 Å². The Morgan fingerprint density at radius 3 is 2.84 bits per heavy atom. The van der Waals surface area contributed by atoms with Gasteiger partial charge in [0.05, 0.1) is 17.6 Å². The van der Waals surface area contributed by atoms with E-state index in [1.807, 2.05) is 55.6 Å². The number of amides is 1.